The molecule has 2 heterocycles. The molecule has 0 amide bonds. The lowest BCUT2D eigenvalue weighted by Crippen LogP contribution is -2.15. The second kappa shape index (κ2) is 5.82. The minimum absolute atomic E-state index is 0.856. The number of thiazole rings is 1. The fraction of sp³-hybridized carbons (Fsp3) is 0.417. The van der Waals surface area contributed by atoms with Gasteiger partial charge in [0, 0.05) is 43.1 Å². The van der Waals surface area contributed by atoms with Crippen molar-refractivity contribution in [3.8, 4) is 0 Å². The van der Waals surface area contributed by atoms with Crippen molar-refractivity contribution >= 4 is 11.3 Å². The average Bonchev–Trinajstić information content (AvgIpc) is 2.91. The van der Waals surface area contributed by atoms with E-state index in [-0.39, 0.29) is 0 Å². The lowest BCUT2D eigenvalue weighted by atomic mass is 10.4. The molecule has 0 unspecified atom stereocenters. The molecule has 1 N–H and O–H groups in total. The molecule has 0 fully saturated rings. The number of nitrogens with zero attached hydrogens (tertiary/aromatic N) is 2. The Morgan fingerprint density at radius 3 is 3.12 bits per heavy atom. The topological polar surface area (TPSA) is 29.9 Å². The van der Waals surface area contributed by atoms with Crippen LogP contribution >= 0.6 is 11.3 Å². The summed E-state index contributed by atoms with van der Waals surface area (Å²) in [5.41, 5.74) is 1.35. The first-order chi connectivity index (χ1) is 7.90. The molecule has 86 valence electrons. The van der Waals surface area contributed by atoms with Gasteiger partial charge in [0.2, 0.25) is 0 Å². The van der Waals surface area contributed by atoms with Gasteiger partial charge in [-0.1, -0.05) is 6.92 Å². The fourth-order valence-electron chi connectivity index (χ4n) is 1.71. The molecule has 0 bridgehead atoms. The zero-order valence-corrected chi connectivity index (χ0v) is 10.3. The monoisotopic (exact) mass is 235 g/mol. The molecule has 4 heteroatoms. The number of aryl methyl sites for hydroxylation is 1. The maximum absolute atomic E-state index is 4.24. The van der Waals surface area contributed by atoms with Crippen LogP contribution in [0.5, 0.6) is 0 Å². The smallest absolute Gasteiger partial charge is 0.106 e. The largest absolute Gasteiger partial charge is 0.350 e. The zero-order chi connectivity index (χ0) is 11.2. The molecule has 16 heavy (non-hydrogen) atoms. The Morgan fingerprint density at radius 1 is 1.44 bits per heavy atom. The Morgan fingerprint density at radius 2 is 2.38 bits per heavy atom. The van der Waals surface area contributed by atoms with Gasteiger partial charge >= 0.3 is 0 Å². The Kier molecular flexibility index (Phi) is 4.13. The Labute approximate surface area is 100 Å². The van der Waals surface area contributed by atoms with E-state index >= 15 is 0 Å². The second-order valence-corrected chi connectivity index (χ2v) is 4.70. The van der Waals surface area contributed by atoms with E-state index in [0.717, 1.165) is 24.6 Å². The standard InChI is InChI=1S/C12H17N3S/c1-2-6-15-7-3-4-11(15)9-13-10-12-14-5-8-16-12/h3-5,7-8,13H,2,6,9-10H2,1H3. The van der Waals surface area contributed by atoms with Gasteiger partial charge in [-0.15, -0.1) is 11.3 Å². The van der Waals surface area contributed by atoms with Crippen LogP contribution in [0.15, 0.2) is 29.9 Å². The van der Waals surface area contributed by atoms with Crippen LogP contribution in [0.4, 0.5) is 0 Å². The molecule has 0 aliphatic rings. The molecule has 0 aliphatic heterocycles. The molecule has 0 saturated carbocycles. The van der Waals surface area contributed by atoms with Crippen molar-refractivity contribution in [2.45, 2.75) is 33.0 Å². The van der Waals surface area contributed by atoms with E-state index in [4.69, 9.17) is 0 Å². The molecule has 2 aromatic rings. The van der Waals surface area contributed by atoms with Crippen molar-refractivity contribution in [3.05, 3.63) is 40.6 Å². The van der Waals surface area contributed by atoms with Gasteiger partial charge in [0.25, 0.3) is 0 Å². The van der Waals surface area contributed by atoms with Crippen molar-refractivity contribution in [2.24, 2.45) is 0 Å². The van der Waals surface area contributed by atoms with Crippen molar-refractivity contribution in [2.75, 3.05) is 0 Å². The lowest BCUT2D eigenvalue weighted by Gasteiger charge is -2.08. The highest BCUT2D eigenvalue weighted by atomic mass is 32.1. The fourth-order valence-corrected chi connectivity index (χ4v) is 2.29. The van der Waals surface area contributed by atoms with Crippen molar-refractivity contribution in [3.63, 3.8) is 0 Å². The van der Waals surface area contributed by atoms with Crippen LogP contribution in [-0.4, -0.2) is 9.55 Å². The number of aromatic nitrogens is 2. The zero-order valence-electron chi connectivity index (χ0n) is 9.52. The van der Waals surface area contributed by atoms with Gasteiger partial charge in [0.05, 0.1) is 0 Å². The molecular formula is C12H17N3S. The summed E-state index contributed by atoms with van der Waals surface area (Å²) in [6.45, 7) is 5.07. The third-order valence-corrected chi connectivity index (χ3v) is 3.23. The highest BCUT2D eigenvalue weighted by molar-refractivity contribution is 7.09. The molecule has 0 aliphatic carbocycles. The molecule has 0 radical (unpaired) electrons. The molecule has 0 spiro atoms. The van der Waals surface area contributed by atoms with Crippen LogP contribution in [0.1, 0.15) is 24.0 Å². The van der Waals surface area contributed by atoms with Crippen LogP contribution in [0, 0.1) is 0 Å². The first-order valence-corrected chi connectivity index (χ1v) is 6.51. The predicted octanol–water partition coefficient (Wildman–Crippen LogP) is 2.64. The Hall–Kier alpha value is -1.13. The second-order valence-electron chi connectivity index (χ2n) is 3.72. The van der Waals surface area contributed by atoms with E-state index in [2.05, 4.69) is 40.1 Å². The van der Waals surface area contributed by atoms with Gasteiger partial charge in [-0.25, -0.2) is 4.98 Å². The Balaban J connectivity index is 1.82. The van der Waals surface area contributed by atoms with E-state index in [1.165, 1.54) is 12.1 Å². The summed E-state index contributed by atoms with van der Waals surface area (Å²) >= 11 is 1.69. The highest BCUT2D eigenvalue weighted by Gasteiger charge is 2.00. The van der Waals surface area contributed by atoms with Gasteiger partial charge in [-0.05, 0) is 18.6 Å². The molecule has 2 rings (SSSR count). The third kappa shape index (κ3) is 2.93. The number of hydrogen-bond acceptors (Lipinski definition) is 3. The van der Waals surface area contributed by atoms with E-state index in [9.17, 15) is 0 Å². The van der Waals surface area contributed by atoms with Crippen molar-refractivity contribution < 1.29 is 0 Å². The van der Waals surface area contributed by atoms with Crippen LogP contribution in [-0.2, 0) is 19.6 Å². The maximum Gasteiger partial charge on any atom is 0.106 e. The lowest BCUT2D eigenvalue weighted by molar-refractivity contribution is 0.601. The molecular weight excluding hydrogens is 218 g/mol. The summed E-state index contributed by atoms with van der Waals surface area (Å²) in [6.07, 6.45) is 5.17. The van der Waals surface area contributed by atoms with Crippen LogP contribution in [0.2, 0.25) is 0 Å². The minimum atomic E-state index is 0.856. The molecule has 3 nitrogen and oxygen atoms in total. The first kappa shape index (κ1) is 11.4. The Bertz CT molecular complexity index is 406. The summed E-state index contributed by atoms with van der Waals surface area (Å²) in [6, 6.07) is 4.28. The first-order valence-electron chi connectivity index (χ1n) is 5.63. The van der Waals surface area contributed by atoms with E-state index in [1.54, 1.807) is 11.3 Å². The van der Waals surface area contributed by atoms with Crippen LogP contribution in [0.3, 0.4) is 0 Å². The van der Waals surface area contributed by atoms with Crippen molar-refractivity contribution in [1.82, 2.24) is 14.9 Å². The van der Waals surface area contributed by atoms with Gasteiger partial charge in [-0.2, -0.15) is 0 Å². The van der Waals surface area contributed by atoms with Gasteiger partial charge < -0.3 is 9.88 Å². The predicted molar refractivity (Wildman–Crippen MR) is 67.4 cm³/mol. The summed E-state index contributed by atoms with van der Waals surface area (Å²) in [4.78, 5) is 4.24. The number of rotatable bonds is 6. The minimum Gasteiger partial charge on any atom is -0.350 e. The quantitative estimate of drug-likeness (QED) is 0.834. The molecule has 0 atom stereocenters. The van der Waals surface area contributed by atoms with E-state index < -0.39 is 0 Å². The SMILES string of the molecule is CCCn1cccc1CNCc1nccs1. The highest BCUT2D eigenvalue weighted by Crippen LogP contribution is 2.06. The van der Waals surface area contributed by atoms with Crippen LogP contribution < -0.4 is 5.32 Å². The van der Waals surface area contributed by atoms with Crippen molar-refractivity contribution in [1.29, 1.82) is 0 Å². The van der Waals surface area contributed by atoms with Gasteiger partial charge in [-0.3, -0.25) is 0 Å². The maximum atomic E-state index is 4.24. The van der Waals surface area contributed by atoms with E-state index in [1.807, 2.05) is 11.6 Å². The molecule has 0 saturated heterocycles. The third-order valence-electron chi connectivity index (χ3n) is 2.45. The van der Waals surface area contributed by atoms with E-state index in [0.29, 0.717) is 0 Å². The summed E-state index contributed by atoms with van der Waals surface area (Å²) in [7, 11) is 0. The summed E-state index contributed by atoms with van der Waals surface area (Å²) in [5, 5.41) is 6.57. The molecule has 2 aromatic heterocycles. The average molecular weight is 235 g/mol. The normalized spacial score (nSPS) is 10.8. The summed E-state index contributed by atoms with van der Waals surface area (Å²) in [5.74, 6) is 0. The van der Waals surface area contributed by atoms with Gasteiger partial charge in [0.15, 0.2) is 0 Å². The number of hydrogen-bond donors (Lipinski definition) is 1. The van der Waals surface area contributed by atoms with Crippen LogP contribution in [0.25, 0.3) is 0 Å². The molecule has 0 aromatic carbocycles. The summed E-state index contributed by atoms with van der Waals surface area (Å²) < 4.78 is 2.30. The van der Waals surface area contributed by atoms with Gasteiger partial charge in [0.1, 0.15) is 5.01 Å². The number of nitrogens with one attached hydrogen (secondary N) is 1.